The summed E-state index contributed by atoms with van der Waals surface area (Å²) in [6.07, 6.45) is 12.0. The van der Waals surface area contributed by atoms with Crippen LogP contribution in [0.4, 0.5) is 5.69 Å². The van der Waals surface area contributed by atoms with E-state index in [1.807, 2.05) is 32.2 Å². The molecule has 0 heterocycles. The molecule has 2 aromatic rings. The van der Waals surface area contributed by atoms with Gasteiger partial charge in [0.2, 0.25) is 0 Å². The van der Waals surface area contributed by atoms with E-state index in [1.54, 1.807) is 42.1 Å². The number of hydrogen-bond donors (Lipinski definition) is 2. The minimum absolute atomic E-state index is 0.0746. The summed E-state index contributed by atoms with van der Waals surface area (Å²) in [7, 11) is 0. The van der Waals surface area contributed by atoms with Crippen molar-refractivity contribution in [3.05, 3.63) is 53.6 Å². The highest BCUT2D eigenvalue weighted by Crippen LogP contribution is 2.28. The Balaban J connectivity index is 1.91. The molecule has 0 spiro atoms. The molecule has 2 amide bonds. The Hall–Kier alpha value is -2.67. The average molecular weight is 529 g/mol. The molecule has 2 rings (SSSR count). The van der Waals surface area contributed by atoms with Crippen molar-refractivity contribution in [3.8, 4) is 11.5 Å². The summed E-state index contributed by atoms with van der Waals surface area (Å²) in [6, 6.07) is 12.2. The minimum Gasteiger partial charge on any atom is -0.494 e. The number of hydrogen-bond acceptors (Lipinski definition) is 5. The monoisotopic (exact) mass is 528 g/mol. The summed E-state index contributed by atoms with van der Waals surface area (Å²) < 4.78 is 11.7. The molecule has 0 aliphatic carbocycles. The fourth-order valence-corrected chi connectivity index (χ4v) is 4.12. The first-order valence-corrected chi connectivity index (χ1v) is 15.0. The molecule has 37 heavy (non-hydrogen) atoms. The summed E-state index contributed by atoms with van der Waals surface area (Å²) >= 11 is 1.67. The molecule has 0 bridgehead atoms. The SMILES string of the molecule is CCCCCCCCCCOc1ccc(C(=O)Nc2cc(C(=O)NCCSC)ccc2OC(C)C)cc1. The zero-order valence-electron chi connectivity index (χ0n) is 22.9. The van der Waals surface area contributed by atoms with Gasteiger partial charge in [0, 0.05) is 23.4 Å². The summed E-state index contributed by atoms with van der Waals surface area (Å²) in [5.74, 6) is 1.66. The fourth-order valence-electron chi connectivity index (χ4n) is 3.82. The van der Waals surface area contributed by atoms with Crippen LogP contribution < -0.4 is 20.1 Å². The number of unbranched alkanes of at least 4 members (excludes halogenated alkanes) is 7. The van der Waals surface area contributed by atoms with Crippen molar-refractivity contribution in [2.24, 2.45) is 0 Å². The van der Waals surface area contributed by atoms with Crippen LogP contribution in [-0.2, 0) is 0 Å². The van der Waals surface area contributed by atoms with E-state index < -0.39 is 0 Å². The van der Waals surface area contributed by atoms with Crippen LogP contribution in [0, 0.1) is 0 Å². The molecule has 2 aromatic carbocycles. The number of rotatable bonds is 18. The van der Waals surface area contributed by atoms with Crippen molar-refractivity contribution < 1.29 is 19.1 Å². The molecular weight excluding hydrogens is 484 g/mol. The molecular formula is C30H44N2O4S. The average Bonchev–Trinajstić information content (AvgIpc) is 2.88. The number of thioether (sulfide) groups is 1. The lowest BCUT2D eigenvalue weighted by Gasteiger charge is -2.16. The van der Waals surface area contributed by atoms with Gasteiger partial charge < -0.3 is 20.1 Å². The maximum Gasteiger partial charge on any atom is 0.255 e. The Morgan fingerprint density at radius 3 is 2.16 bits per heavy atom. The quantitative estimate of drug-likeness (QED) is 0.198. The summed E-state index contributed by atoms with van der Waals surface area (Å²) in [6.45, 7) is 7.34. The maximum atomic E-state index is 13.0. The number of ether oxygens (including phenoxy) is 2. The number of anilines is 1. The Kier molecular flexibility index (Phi) is 14.6. The van der Waals surface area contributed by atoms with Gasteiger partial charge >= 0.3 is 0 Å². The molecule has 204 valence electrons. The third kappa shape index (κ3) is 11.9. The first kappa shape index (κ1) is 30.6. The molecule has 6 nitrogen and oxygen atoms in total. The van der Waals surface area contributed by atoms with Crippen LogP contribution in [-0.4, -0.2) is 43.1 Å². The van der Waals surface area contributed by atoms with Gasteiger partial charge in [0.25, 0.3) is 11.8 Å². The van der Waals surface area contributed by atoms with Gasteiger partial charge in [-0.1, -0.05) is 51.9 Å². The van der Waals surface area contributed by atoms with Gasteiger partial charge in [-0.15, -0.1) is 0 Å². The van der Waals surface area contributed by atoms with E-state index in [-0.39, 0.29) is 17.9 Å². The van der Waals surface area contributed by atoms with Crippen LogP contribution in [0.15, 0.2) is 42.5 Å². The Morgan fingerprint density at radius 2 is 1.51 bits per heavy atom. The van der Waals surface area contributed by atoms with Crippen molar-refractivity contribution in [3.63, 3.8) is 0 Å². The summed E-state index contributed by atoms with van der Waals surface area (Å²) in [5.41, 5.74) is 1.44. The molecule has 0 fully saturated rings. The molecule has 2 N–H and O–H groups in total. The first-order valence-electron chi connectivity index (χ1n) is 13.6. The number of nitrogens with one attached hydrogen (secondary N) is 2. The van der Waals surface area contributed by atoms with Gasteiger partial charge in [-0.3, -0.25) is 9.59 Å². The van der Waals surface area contributed by atoms with Gasteiger partial charge in [-0.2, -0.15) is 11.8 Å². The zero-order valence-corrected chi connectivity index (χ0v) is 23.8. The second-order valence-corrected chi connectivity index (χ2v) is 10.4. The molecule has 0 saturated carbocycles. The van der Waals surface area contributed by atoms with E-state index in [0.29, 0.717) is 35.7 Å². The third-order valence-corrected chi connectivity index (χ3v) is 6.44. The van der Waals surface area contributed by atoms with Crippen molar-refractivity contribution in [1.82, 2.24) is 5.32 Å². The van der Waals surface area contributed by atoms with Crippen LogP contribution in [0.25, 0.3) is 0 Å². The predicted molar refractivity (Wildman–Crippen MR) is 155 cm³/mol. The van der Waals surface area contributed by atoms with E-state index in [4.69, 9.17) is 9.47 Å². The Labute approximate surface area is 227 Å². The molecule has 0 unspecified atom stereocenters. The molecule has 0 aliphatic heterocycles. The van der Waals surface area contributed by atoms with Crippen molar-refractivity contribution in [2.75, 3.05) is 30.5 Å². The molecule has 0 saturated heterocycles. The van der Waals surface area contributed by atoms with Crippen molar-refractivity contribution in [1.29, 1.82) is 0 Å². The Bertz CT molecular complexity index is 947. The van der Waals surface area contributed by atoms with Crippen LogP contribution in [0.5, 0.6) is 11.5 Å². The van der Waals surface area contributed by atoms with Crippen molar-refractivity contribution >= 4 is 29.3 Å². The van der Waals surface area contributed by atoms with E-state index in [2.05, 4.69) is 17.6 Å². The second kappa shape index (κ2) is 17.7. The third-order valence-electron chi connectivity index (χ3n) is 5.83. The normalized spacial score (nSPS) is 10.8. The van der Waals surface area contributed by atoms with E-state index in [0.717, 1.165) is 17.9 Å². The lowest BCUT2D eigenvalue weighted by Crippen LogP contribution is -2.26. The topological polar surface area (TPSA) is 76.7 Å². The number of amides is 2. The van der Waals surface area contributed by atoms with E-state index in [1.165, 1.54) is 44.9 Å². The van der Waals surface area contributed by atoms with Gasteiger partial charge in [0.15, 0.2) is 0 Å². The molecule has 7 heteroatoms. The van der Waals surface area contributed by atoms with Crippen molar-refractivity contribution in [2.45, 2.75) is 78.2 Å². The predicted octanol–water partition coefficient (Wildman–Crippen LogP) is 7.34. The maximum absolute atomic E-state index is 13.0. The molecule has 0 aliphatic rings. The standard InChI is InChI=1S/C30H44N2O4S/c1-5-6-7-8-9-10-11-12-20-35-26-16-13-24(14-17-26)30(34)32-27-22-25(29(33)31-19-21-37-4)15-18-28(27)36-23(2)3/h13-18,22-23H,5-12,19-21H2,1-4H3,(H,31,33)(H,32,34). The van der Waals surface area contributed by atoms with E-state index in [9.17, 15) is 9.59 Å². The molecule has 0 radical (unpaired) electrons. The number of benzene rings is 2. The smallest absolute Gasteiger partial charge is 0.255 e. The lowest BCUT2D eigenvalue weighted by molar-refractivity contribution is 0.0954. The summed E-state index contributed by atoms with van der Waals surface area (Å²) in [5, 5.41) is 5.80. The Morgan fingerprint density at radius 1 is 0.865 bits per heavy atom. The van der Waals surface area contributed by atoms with Crippen LogP contribution in [0.3, 0.4) is 0 Å². The second-order valence-electron chi connectivity index (χ2n) is 9.43. The minimum atomic E-state index is -0.275. The van der Waals surface area contributed by atoms with Gasteiger partial charge in [0.05, 0.1) is 18.4 Å². The van der Waals surface area contributed by atoms with Gasteiger partial charge in [-0.25, -0.2) is 0 Å². The lowest BCUT2D eigenvalue weighted by atomic mass is 10.1. The fraction of sp³-hybridized carbons (Fsp3) is 0.533. The van der Waals surface area contributed by atoms with Gasteiger partial charge in [0.1, 0.15) is 11.5 Å². The summed E-state index contributed by atoms with van der Waals surface area (Å²) in [4.78, 5) is 25.5. The molecule has 0 aromatic heterocycles. The molecule has 0 atom stereocenters. The highest BCUT2D eigenvalue weighted by Gasteiger charge is 2.15. The van der Waals surface area contributed by atoms with E-state index >= 15 is 0 Å². The van der Waals surface area contributed by atoms with Crippen LogP contribution >= 0.6 is 11.8 Å². The highest BCUT2D eigenvalue weighted by molar-refractivity contribution is 7.98. The van der Waals surface area contributed by atoms with Gasteiger partial charge in [-0.05, 0) is 69.0 Å². The number of carbonyl (C=O) groups is 2. The van der Waals surface area contributed by atoms with Crippen LogP contribution in [0.2, 0.25) is 0 Å². The highest BCUT2D eigenvalue weighted by atomic mass is 32.2. The van der Waals surface area contributed by atoms with Crippen LogP contribution in [0.1, 0.15) is 92.9 Å². The first-order chi connectivity index (χ1) is 17.9. The largest absolute Gasteiger partial charge is 0.494 e. The number of carbonyl (C=O) groups excluding carboxylic acids is 2. The zero-order chi connectivity index (χ0) is 26.9.